The number of para-hydroxylation sites is 3. The summed E-state index contributed by atoms with van der Waals surface area (Å²) in [6.45, 7) is 11.3. The van der Waals surface area contributed by atoms with Gasteiger partial charge in [-0.05, 0) is 120 Å². The Balaban J connectivity index is 0.000000910. The van der Waals surface area contributed by atoms with Gasteiger partial charge in [0.1, 0.15) is 23.9 Å². The molecule has 37 heteroatoms. The average Bonchev–Trinajstić information content (AvgIpc) is 1.69. The van der Waals surface area contributed by atoms with Crippen molar-refractivity contribution in [2.24, 2.45) is 11.7 Å². The van der Waals surface area contributed by atoms with Crippen LogP contribution in [-0.2, 0) is 49.6 Å². The largest absolute Gasteiger partial charge is 0.508 e. The molecule has 530 valence electrons. The normalized spacial score (nSPS) is 15.4. The molecule has 0 unspecified atom stereocenters. The molecule has 0 spiro atoms. The summed E-state index contributed by atoms with van der Waals surface area (Å²) in [6.07, 6.45) is -12.8. The van der Waals surface area contributed by atoms with E-state index < -0.39 is 84.4 Å². The number of unbranched alkanes of at least 4 members (excludes halogenated alkanes) is 2. The maximum Gasteiger partial charge on any atom is 0.490 e. The van der Waals surface area contributed by atoms with Crippen molar-refractivity contribution >= 4 is 76.4 Å². The average molecular weight is 1380 g/mol. The van der Waals surface area contributed by atoms with Gasteiger partial charge in [0.05, 0.1) is 29.2 Å². The molecular formula is C58H74F12N10O15. The Morgan fingerprint density at radius 2 is 1.06 bits per heavy atom. The van der Waals surface area contributed by atoms with Crippen LogP contribution in [0.1, 0.15) is 81.1 Å². The molecule has 3 atom stereocenters. The molecule has 3 heterocycles. The van der Waals surface area contributed by atoms with Crippen molar-refractivity contribution in [3.8, 4) is 5.75 Å². The molecule has 2 saturated heterocycles. The molecule has 0 aliphatic carbocycles. The van der Waals surface area contributed by atoms with Gasteiger partial charge < -0.3 is 62.8 Å². The lowest BCUT2D eigenvalue weighted by molar-refractivity contribution is -0.193. The Morgan fingerprint density at radius 1 is 0.579 bits per heavy atom. The summed E-state index contributed by atoms with van der Waals surface area (Å²) in [5.74, 6) is -12.3. The number of phenols is 1. The Morgan fingerprint density at radius 3 is 1.56 bits per heavy atom. The van der Waals surface area contributed by atoms with Crippen molar-refractivity contribution in [3.63, 3.8) is 0 Å². The lowest BCUT2D eigenvalue weighted by Crippen LogP contribution is -2.56. The number of piperazine rings is 1. The molecule has 12 N–H and O–H groups in total. The van der Waals surface area contributed by atoms with Gasteiger partial charge in [0, 0.05) is 52.6 Å². The summed E-state index contributed by atoms with van der Waals surface area (Å²) < 4.78 is 127. The molecule has 3 aliphatic rings. The van der Waals surface area contributed by atoms with Crippen LogP contribution in [0.2, 0.25) is 0 Å². The number of halogens is 12. The summed E-state index contributed by atoms with van der Waals surface area (Å²) in [5.41, 5.74) is 8.83. The number of alkyl halides is 12. The highest BCUT2D eigenvalue weighted by Crippen LogP contribution is 2.38. The summed E-state index contributed by atoms with van der Waals surface area (Å²) in [4.78, 5) is 123. The lowest BCUT2D eigenvalue weighted by atomic mass is 9.91. The molecule has 2 fully saturated rings. The number of amides is 6. The van der Waals surface area contributed by atoms with E-state index >= 15 is 0 Å². The van der Waals surface area contributed by atoms with Crippen LogP contribution >= 0.6 is 0 Å². The maximum atomic E-state index is 13.9. The number of anilines is 3. The van der Waals surface area contributed by atoms with Crippen LogP contribution in [0.4, 0.5) is 69.7 Å². The van der Waals surface area contributed by atoms with E-state index in [0.717, 1.165) is 70.6 Å². The number of likely N-dealkylation sites (tertiary alicyclic amines) is 1. The lowest BCUT2D eigenvalue weighted by Gasteiger charge is -2.35. The Kier molecular flexibility index (Phi) is 33.9. The first-order valence-corrected chi connectivity index (χ1v) is 29.0. The second-order valence-electron chi connectivity index (χ2n) is 21.3. The van der Waals surface area contributed by atoms with Gasteiger partial charge in [0.25, 0.3) is 5.91 Å². The van der Waals surface area contributed by atoms with E-state index in [2.05, 4.69) is 41.3 Å². The maximum absolute atomic E-state index is 13.9. The fourth-order valence-corrected chi connectivity index (χ4v) is 9.14. The summed E-state index contributed by atoms with van der Waals surface area (Å²) in [6, 6.07) is 18.3. The molecule has 6 amide bonds. The number of aromatic hydroxyl groups is 1. The molecule has 6 rings (SSSR count). The standard InChI is InChI=1S/C50H70N10O7.4C2HF3O2/c1-35(53-50(67)43(54-36(2)61)33-38-17-19-39(62)20-18-38)47(64)56-42(14-7-9-23-51)49(66)52-24-28-58-31-29-57(30-32-58)25-10-8-11-37-21-26-59(27-22-37)34-46(63)60-44-15-5-3-12-40(44)48(65)55-41-13-4-6-16-45(41)60;4*3-2(4,5)1(6)7/h3-6,12-13,15-20,35,37,42-43,62H,7-11,14,21-34,51H2,1-2H3,(H,52,66)(H,53,67)(H,54,61)(H,55,65)(H,56,64);4*(H,6,7)/t35-,42-,43-;;;;/m0..../s1. The van der Waals surface area contributed by atoms with Crippen molar-refractivity contribution in [2.75, 3.05) is 82.2 Å². The van der Waals surface area contributed by atoms with Crippen LogP contribution in [0.3, 0.4) is 0 Å². The smallest absolute Gasteiger partial charge is 0.490 e. The summed E-state index contributed by atoms with van der Waals surface area (Å²) >= 11 is 0. The van der Waals surface area contributed by atoms with Gasteiger partial charge in [0.2, 0.25) is 29.5 Å². The van der Waals surface area contributed by atoms with E-state index in [4.69, 9.17) is 45.3 Å². The number of hydrogen-bond acceptors (Lipinski definition) is 15. The van der Waals surface area contributed by atoms with Crippen LogP contribution in [-0.4, -0.2) is 214 Å². The molecule has 0 saturated carbocycles. The molecule has 3 aromatic rings. The number of benzene rings is 3. The molecule has 0 bridgehead atoms. The van der Waals surface area contributed by atoms with Crippen molar-refractivity contribution in [1.29, 1.82) is 0 Å². The number of rotatable bonds is 22. The number of phenolic OH excluding ortho intramolecular Hbond substituents is 1. The number of piperidine rings is 1. The fraction of sp³-hybridized carbons (Fsp3) is 0.517. The summed E-state index contributed by atoms with van der Waals surface area (Å²) in [5, 5.41) is 52.2. The van der Waals surface area contributed by atoms with Crippen molar-refractivity contribution < 1.29 is 126 Å². The van der Waals surface area contributed by atoms with Crippen molar-refractivity contribution in [2.45, 2.75) is 114 Å². The van der Waals surface area contributed by atoms with Gasteiger partial charge in [0.15, 0.2) is 0 Å². The number of fused-ring (bicyclic) bond motifs is 2. The minimum atomic E-state index is -5.08. The predicted molar refractivity (Wildman–Crippen MR) is 314 cm³/mol. The Labute approximate surface area is 535 Å². The number of carboxylic acid groups (broad SMARTS) is 4. The molecule has 95 heavy (non-hydrogen) atoms. The van der Waals surface area contributed by atoms with Gasteiger partial charge in [-0.25, -0.2) is 19.2 Å². The molecule has 3 aromatic carbocycles. The second kappa shape index (κ2) is 39.1. The van der Waals surface area contributed by atoms with E-state index in [-0.39, 0.29) is 29.9 Å². The van der Waals surface area contributed by atoms with Gasteiger partial charge in [-0.2, -0.15) is 52.7 Å². The molecule has 25 nitrogen and oxygen atoms in total. The van der Waals surface area contributed by atoms with Crippen LogP contribution in [0.25, 0.3) is 0 Å². The van der Waals surface area contributed by atoms with Crippen LogP contribution in [0.5, 0.6) is 5.75 Å². The zero-order chi connectivity index (χ0) is 72.0. The van der Waals surface area contributed by atoms with Crippen molar-refractivity contribution in [1.82, 2.24) is 36.0 Å². The van der Waals surface area contributed by atoms with Gasteiger partial charge in [-0.15, -0.1) is 0 Å². The minimum absolute atomic E-state index is 0.0423. The molecule has 0 aromatic heterocycles. The van der Waals surface area contributed by atoms with Gasteiger partial charge >= 0.3 is 48.6 Å². The predicted octanol–water partition coefficient (Wildman–Crippen LogP) is 5.64. The third kappa shape index (κ3) is 31.3. The van der Waals surface area contributed by atoms with Gasteiger partial charge in [-0.3, -0.25) is 43.5 Å². The topological polar surface area (TPSA) is 371 Å². The SMILES string of the molecule is CC(=O)N[C@@H](Cc1ccc(O)cc1)C(=O)N[C@@H](C)C(=O)N[C@@H](CCCCN)C(=O)NCCN1CCN(CCCCC2CCN(CC(=O)N3c4ccccc4NC(=O)c4ccccc43)CC2)CC1.O=C(O)C(F)(F)F.O=C(O)C(F)(F)F.O=C(O)C(F)(F)F.O=C(O)C(F)(F)F. The zero-order valence-electron chi connectivity index (χ0n) is 51.1. The van der Waals surface area contributed by atoms with Gasteiger partial charge in [-0.1, -0.05) is 49.2 Å². The number of nitrogens with two attached hydrogens (primary N) is 1. The van der Waals surface area contributed by atoms with E-state index in [9.17, 15) is 86.6 Å². The van der Waals surface area contributed by atoms with Crippen LogP contribution in [0, 0.1) is 5.92 Å². The highest BCUT2D eigenvalue weighted by Gasteiger charge is 2.41. The Hall–Kier alpha value is -8.84. The molecule has 3 aliphatic heterocycles. The van der Waals surface area contributed by atoms with E-state index in [1.807, 2.05) is 42.5 Å². The van der Waals surface area contributed by atoms with Crippen LogP contribution < -0.4 is 37.2 Å². The number of carbonyl (C=O) groups excluding carboxylic acids is 6. The second-order valence-corrected chi connectivity index (χ2v) is 21.3. The quantitative estimate of drug-likeness (QED) is 0.0428. The van der Waals surface area contributed by atoms with Crippen LogP contribution in [0.15, 0.2) is 72.8 Å². The number of carboxylic acids is 4. The first kappa shape index (κ1) is 82.3. The number of carbonyl (C=O) groups is 10. The third-order valence-electron chi connectivity index (χ3n) is 14.0. The minimum Gasteiger partial charge on any atom is -0.508 e. The number of nitrogens with one attached hydrogen (secondary N) is 5. The molecular weight excluding hydrogens is 1300 g/mol. The fourth-order valence-electron chi connectivity index (χ4n) is 9.14. The number of aliphatic carboxylic acids is 4. The monoisotopic (exact) mass is 1380 g/mol. The first-order valence-electron chi connectivity index (χ1n) is 29.0. The number of hydrogen-bond donors (Lipinski definition) is 11. The highest BCUT2D eigenvalue weighted by molar-refractivity contribution is 6.18. The third-order valence-corrected chi connectivity index (χ3v) is 14.0. The van der Waals surface area contributed by atoms with E-state index in [1.165, 1.54) is 38.8 Å². The zero-order valence-corrected chi connectivity index (χ0v) is 51.1. The van der Waals surface area contributed by atoms with Crippen molar-refractivity contribution in [3.05, 3.63) is 83.9 Å². The highest BCUT2D eigenvalue weighted by atomic mass is 19.4. The summed E-state index contributed by atoms with van der Waals surface area (Å²) in [7, 11) is 0. The molecule has 0 radical (unpaired) electrons. The Bertz CT molecular complexity index is 2920. The first-order chi connectivity index (χ1) is 44.1. The van der Waals surface area contributed by atoms with E-state index in [1.54, 1.807) is 23.1 Å². The number of nitrogens with zero attached hydrogens (tertiary/aromatic N) is 4. The van der Waals surface area contributed by atoms with E-state index in [0.29, 0.717) is 74.0 Å².